The number of carbonyl (C=O) groups excluding carboxylic acids is 1. The van der Waals surface area contributed by atoms with Crippen LogP contribution in [0.3, 0.4) is 0 Å². The number of rotatable bonds is 0. The monoisotopic (exact) mass is 181 g/mol. The van der Waals surface area contributed by atoms with E-state index < -0.39 is 0 Å². The van der Waals surface area contributed by atoms with Gasteiger partial charge < -0.3 is 0 Å². The Bertz CT molecular complexity index is 214. The van der Waals surface area contributed by atoms with Crippen molar-refractivity contribution in [2.75, 3.05) is 7.05 Å². The second-order valence-electron chi connectivity index (χ2n) is 5.49. The molecule has 2 fully saturated rings. The first-order chi connectivity index (χ1) is 5.98. The lowest BCUT2D eigenvalue weighted by Gasteiger charge is -2.49. The number of Topliss-reactive ketones (excluding diaryl/α,β-unsaturated/α-hetero) is 1. The van der Waals surface area contributed by atoms with Gasteiger partial charge in [0, 0.05) is 24.9 Å². The van der Waals surface area contributed by atoms with Crippen molar-refractivity contribution in [1.82, 2.24) is 4.90 Å². The summed E-state index contributed by atoms with van der Waals surface area (Å²) < 4.78 is 0. The average molecular weight is 181 g/mol. The van der Waals surface area contributed by atoms with Crippen LogP contribution in [0, 0.1) is 5.41 Å². The van der Waals surface area contributed by atoms with Gasteiger partial charge in [-0.2, -0.15) is 0 Å². The van der Waals surface area contributed by atoms with Crippen LogP contribution in [-0.4, -0.2) is 29.8 Å². The fourth-order valence-electron chi connectivity index (χ4n) is 2.99. The van der Waals surface area contributed by atoms with Gasteiger partial charge in [-0.3, -0.25) is 9.69 Å². The minimum Gasteiger partial charge on any atom is -0.300 e. The van der Waals surface area contributed by atoms with Crippen molar-refractivity contribution in [2.45, 2.75) is 51.6 Å². The molecule has 0 aromatic rings. The lowest BCUT2D eigenvalue weighted by Crippen LogP contribution is -2.54. The molecular weight excluding hydrogens is 162 g/mol. The summed E-state index contributed by atoms with van der Waals surface area (Å²) in [6.45, 7) is 4.66. The van der Waals surface area contributed by atoms with E-state index in [0.29, 0.717) is 23.3 Å². The first-order valence-electron chi connectivity index (χ1n) is 5.21. The molecule has 2 nitrogen and oxygen atoms in total. The highest BCUT2D eigenvalue weighted by molar-refractivity contribution is 5.80. The summed E-state index contributed by atoms with van der Waals surface area (Å²) in [6.07, 6.45) is 3.95. The molecule has 2 rings (SSSR count). The Morgan fingerprint density at radius 2 is 1.69 bits per heavy atom. The summed E-state index contributed by atoms with van der Waals surface area (Å²) in [5.41, 5.74) is 0.447. The fraction of sp³-hybridized carbons (Fsp3) is 0.909. The second kappa shape index (κ2) is 2.81. The smallest absolute Gasteiger partial charge is 0.136 e. The van der Waals surface area contributed by atoms with Crippen LogP contribution in [0.1, 0.15) is 39.5 Å². The molecule has 2 unspecified atom stereocenters. The molecule has 0 aliphatic carbocycles. The summed E-state index contributed by atoms with van der Waals surface area (Å²) in [5.74, 6) is 0.476. The van der Waals surface area contributed by atoms with Crippen LogP contribution < -0.4 is 0 Å². The summed E-state index contributed by atoms with van der Waals surface area (Å²) in [6, 6.07) is 1.05. The predicted molar refractivity (Wildman–Crippen MR) is 52.6 cm³/mol. The third-order valence-corrected chi connectivity index (χ3v) is 3.65. The Kier molecular flexibility index (Phi) is 1.99. The molecule has 2 aliphatic rings. The van der Waals surface area contributed by atoms with Crippen LogP contribution in [-0.2, 0) is 4.79 Å². The zero-order chi connectivity index (χ0) is 9.64. The number of nitrogens with zero attached hydrogens (tertiary/aromatic N) is 1. The summed E-state index contributed by atoms with van der Waals surface area (Å²) in [5, 5.41) is 0. The van der Waals surface area contributed by atoms with Gasteiger partial charge in [0.25, 0.3) is 0 Å². The first-order valence-corrected chi connectivity index (χ1v) is 5.21. The highest BCUT2D eigenvalue weighted by Gasteiger charge is 2.42. The number of hydrogen-bond donors (Lipinski definition) is 0. The summed E-state index contributed by atoms with van der Waals surface area (Å²) in [7, 11) is 2.18. The van der Waals surface area contributed by atoms with E-state index in [1.54, 1.807) is 0 Å². The molecular formula is C11H19NO. The van der Waals surface area contributed by atoms with Crippen molar-refractivity contribution in [3.8, 4) is 0 Å². The molecule has 2 bridgehead atoms. The van der Waals surface area contributed by atoms with Crippen LogP contribution in [0.15, 0.2) is 0 Å². The van der Waals surface area contributed by atoms with Crippen LogP contribution in [0.5, 0.6) is 0 Å². The number of hydrogen-bond acceptors (Lipinski definition) is 2. The third kappa shape index (κ3) is 1.64. The van der Waals surface area contributed by atoms with Crippen LogP contribution >= 0.6 is 0 Å². The molecule has 2 aliphatic heterocycles. The first kappa shape index (κ1) is 9.20. The SMILES string of the molecule is CN1C2CC(=O)CC1CC(C)(C)C2. The largest absolute Gasteiger partial charge is 0.300 e. The molecule has 0 amide bonds. The number of piperidine rings is 2. The van der Waals surface area contributed by atoms with Gasteiger partial charge in [-0.05, 0) is 25.3 Å². The van der Waals surface area contributed by atoms with E-state index >= 15 is 0 Å². The minimum atomic E-state index is 0.447. The zero-order valence-electron chi connectivity index (χ0n) is 8.84. The second-order valence-corrected chi connectivity index (χ2v) is 5.49. The van der Waals surface area contributed by atoms with Gasteiger partial charge >= 0.3 is 0 Å². The molecule has 0 aromatic heterocycles. The molecule has 0 spiro atoms. The standard InChI is InChI=1S/C11H19NO/c1-11(2)6-8-4-10(13)5-9(7-11)12(8)3/h8-9H,4-7H2,1-3H3. The van der Waals surface area contributed by atoms with Gasteiger partial charge in [-0.25, -0.2) is 0 Å². The topological polar surface area (TPSA) is 20.3 Å². The molecule has 2 saturated heterocycles. The molecule has 0 N–H and O–H groups in total. The Balaban J connectivity index is 2.18. The van der Waals surface area contributed by atoms with E-state index in [9.17, 15) is 4.79 Å². The molecule has 13 heavy (non-hydrogen) atoms. The summed E-state index contributed by atoms with van der Waals surface area (Å²) in [4.78, 5) is 13.8. The average Bonchev–Trinajstić information content (AvgIpc) is 1.94. The maximum absolute atomic E-state index is 11.4. The van der Waals surface area contributed by atoms with Crippen LogP contribution in [0.2, 0.25) is 0 Å². The van der Waals surface area contributed by atoms with Crippen LogP contribution in [0.25, 0.3) is 0 Å². The van der Waals surface area contributed by atoms with E-state index in [4.69, 9.17) is 0 Å². The Morgan fingerprint density at radius 1 is 1.23 bits per heavy atom. The molecule has 0 radical (unpaired) electrons. The van der Waals surface area contributed by atoms with Crippen molar-refractivity contribution in [3.63, 3.8) is 0 Å². The maximum atomic E-state index is 11.4. The number of fused-ring (bicyclic) bond motifs is 2. The van der Waals surface area contributed by atoms with Gasteiger partial charge in [0.05, 0.1) is 0 Å². The van der Waals surface area contributed by atoms with E-state index in [-0.39, 0.29) is 0 Å². The quantitative estimate of drug-likeness (QED) is 0.568. The van der Waals surface area contributed by atoms with E-state index in [1.807, 2.05) is 0 Å². The lowest BCUT2D eigenvalue weighted by molar-refractivity contribution is -0.128. The molecule has 0 saturated carbocycles. The number of carbonyl (C=O) groups is 1. The molecule has 2 heteroatoms. The third-order valence-electron chi connectivity index (χ3n) is 3.65. The zero-order valence-corrected chi connectivity index (χ0v) is 8.84. The van der Waals surface area contributed by atoms with Gasteiger partial charge in [0.2, 0.25) is 0 Å². The van der Waals surface area contributed by atoms with E-state index in [2.05, 4.69) is 25.8 Å². The van der Waals surface area contributed by atoms with Gasteiger partial charge in [-0.1, -0.05) is 13.8 Å². The Labute approximate surface area is 80.3 Å². The Hall–Kier alpha value is -0.370. The highest BCUT2D eigenvalue weighted by atomic mass is 16.1. The van der Waals surface area contributed by atoms with Crippen molar-refractivity contribution in [1.29, 1.82) is 0 Å². The van der Waals surface area contributed by atoms with Gasteiger partial charge in [0.1, 0.15) is 5.78 Å². The van der Waals surface area contributed by atoms with Gasteiger partial charge in [0.15, 0.2) is 0 Å². The summed E-state index contributed by atoms with van der Waals surface area (Å²) >= 11 is 0. The van der Waals surface area contributed by atoms with Crippen molar-refractivity contribution in [3.05, 3.63) is 0 Å². The van der Waals surface area contributed by atoms with Gasteiger partial charge in [-0.15, -0.1) is 0 Å². The normalized spacial score (nSPS) is 39.2. The van der Waals surface area contributed by atoms with Crippen molar-refractivity contribution < 1.29 is 4.79 Å². The van der Waals surface area contributed by atoms with Crippen molar-refractivity contribution in [2.24, 2.45) is 5.41 Å². The van der Waals surface area contributed by atoms with E-state index in [0.717, 1.165) is 12.8 Å². The molecule has 74 valence electrons. The Morgan fingerprint density at radius 3 is 2.15 bits per heavy atom. The maximum Gasteiger partial charge on any atom is 0.136 e. The van der Waals surface area contributed by atoms with Crippen LogP contribution in [0.4, 0.5) is 0 Å². The fourth-order valence-corrected chi connectivity index (χ4v) is 2.99. The lowest BCUT2D eigenvalue weighted by atomic mass is 9.70. The van der Waals surface area contributed by atoms with E-state index in [1.165, 1.54) is 12.8 Å². The minimum absolute atomic E-state index is 0.447. The predicted octanol–water partition coefficient (Wildman–Crippen LogP) is 1.84. The highest BCUT2D eigenvalue weighted by Crippen LogP contribution is 2.41. The number of ketones is 1. The molecule has 2 atom stereocenters. The molecule has 0 aromatic carbocycles. The van der Waals surface area contributed by atoms with Crippen molar-refractivity contribution >= 4 is 5.78 Å². The molecule has 2 heterocycles.